The normalized spacial score (nSPS) is 16.5. The summed E-state index contributed by atoms with van der Waals surface area (Å²) in [6, 6.07) is 19.5. The lowest BCUT2D eigenvalue weighted by Gasteiger charge is -2.18. The minimum Gasteiger partial charge on any atom is -0.456 e. The lowest BCUT2D eigenvalue weighted by molar-refractivity contribution is -0.122. The number of nitrogens with zero attached hydrogens (tertiary/aromatic N) is 1. The van der Waals surface area contributed by atoms with Crippen LogP contribution in [-0.2, 0) is 9.59 Å². The van der Waals surface area contributed by atoms with Crippen LogP contribution in [0.3, 0.4) is 0 Å². The van der Waals surface area contributed by atoms with Gasteiger partial charge in [-0.3, -0.25) is 9.59 Å². The SMILES string of the molecule is Cc1ccc(N2C[C@@H](C(=O)Nc3ccc4c(c3)oc3ccccc34)CC2=O)cc1C. The number of amides is 2. The monoisotopic (exact) mass is 398 g/mol. The van der Waals surface area contributed by atoms with Crippen molar-refractivity contribution in [3.8, 4) is 0 Å². The summed E-state index contributed by atoms with van der Waals surface area (Å²) in [6.45, 7) is 4.46. The molecule has 0 aliphatic carbocycles. The molecule has 0 spiro atoms. The van der Waals surface area contributed by atoms with Crippen LogP contribution in [0, 0.1) is 19.8 Å². The second-order valence-electron chi connectivity index (χ2n) is 7.97. The molecule has 1 aliphatic heterocycles. The first kappa shape index (κ1) is 18.4. The first-order valence-electron chi connectivity index (χ1n) is 10.1. The van der Waals surface area contributed by atoms with Gasteiger partial charge in [0, 0.05) is 41.2 Å². The number of nitrogens with one attached hydrogen (secondary N) is 1. The predicted octanol–water partition coefficient (Wildman–Crippen LogP) is 5.19. The highest BCUT2D eigenvalue weighted by atomic mass is 16.3. The molecule has 1 aliphatic rings. The van der Waals surface area contributed by atoms with Gasteiger partial charge in [-0.2, -0.15) is 0 Å². The zero-order chi connectivity index (χ0) is 20.8. The molecule has 150 valence electrons. The number of carbonyl (C=O) groups excluding carboxylic acids is 2. The molecule has 2 amide bonds. The minimum absolute atomic E-state index is 0.0221. The van der Waals surface area contributed by atoms with Crippen LogP contribution in [0.15, 0.2) is 65.1 Å². The maximum Gasteiger partial charge on any atom is 0.229 e. The van der Waals surface area contributed by atoms with Gasteiger partial charge in [0.1, 0.15) is 11.2 Å². The van der Waals surface area contributed by atoms with E-state index < -0.39 is 0 Å². The van der Waals surface area contributed by atoms with Gasteiger partial charge < -0.3 is 14.6 Å². The maximum absolute atomic E-state index is 12.8. The molecule has 1 N–H and O–H groups in total. The first-order valence-corrected chi connectivity index (χ1v) is 10.1. The van der Waals surface area contributed by atoms with Crippen LogP contribution >= 0.6 is 0 Å². The molecule has 0 bridgehead atoms. The van der Waals surface area contributed by atoms with Crippen molar-refractivity contribution in [2.24, 2.45) is 5.92 Å². The number of hydrogen-bond donors (Lipinski definition) is 1. The number of para-hydroxylation sites is 1. The Balaban J connectivity index is 1.34. The Morgan fingerprint density at radius 3 is 2.60 bits per heavy atom. The number of benzene rings is 3. The average Bonchev–Trinajstić information content (AvgIpc) is 3.30. The number of hydrogen-bond acceptors (Lipinski definition) is 3. The van der Waals surface area contributed by atoms with Crippen LogP contribution in [0.1, 0.15) is 17.5 Å². The van der Waals surface area contributed by atoms with E-state index in [4.69, 9.17) is 4.42 Å². The summed E-state index contributed by atoms with van der Waals surface area (Å²) in [5, 5.41) is 5.02. The van der Waals surface area contributed by atoms with E-state index in [0.717, 1.165) is 33.2 Å². The fraction of sp³-hybridized carbons (Fsp3) is 0.200. The first-order chi connectivity index (χ1) is 14.5. The van der Waals surface area contributed by atoms with Crippen LogP contribution < -0.4 is 10.2 Å². The topological polar surface area (TPSA) is 62.6 Å². The summed E-state index contributed by atoms with van der Waals surface area (Å²) in [5.41, 5.74) is 5.38. The van der Waals surface area contributed by atoms with Crippen LogP contribution in [0.25, 0.3) is 21.9 Å². The Bertz CT molecular complexity index is 1300. The van der Waals surface area contributed by atoms with E-state index in [0.29, 0.717) is 12.2 Å². The van der Waals surface area contributed by atoms with Crippen molar-refractivity contribution in [3.05, 3.63) is 71.8 Å². The Kier molecular flexibility index (Phi) is 4.31. The van der Waals surface area contributed by atoms with Gasteiger partial charge in [-0.05, 0) is 55.3 Å². The van der Waals surface area contributed by atoms with E-state index in [9.17, 15) is 9.59 Å². The molecule has 30 heavy (non-hydrogen) atoms. The van der Waals surface area contributed by atoms with Gasteiger partial charge in [0.05, 0.1) is 5.92 Å². The van der Waals surface area contributed by atoms with Gasteiger partial charge in [0.2, 0.25) is 11.8 Å². The zero-order valence-corrected chi connectivity index (χ0v) is 16.9. The highest BCUT2D eigenvalue weighted by molar-refractivity contribution is 6.07. The number of furan rings is 1. The number of aryl methyl sites for hydroxylation is 2. The quantitative estimate of drug-likeness (QED) is 0.516. The standard InChI is InChI=1S/C25H22N2O3/c1-15-7-9-19(11-16(15)2)27-14-17(12-24(27)28)25(29)26-18-8-10-21-20-5-3-4-6-22(20)30-23(21)13-18/h3-11,13,17H,12,14H2,1-2H3,(H,26,29)/t17-/m0/s1. The molecule has 5 rings (SSSR count). The molecule has 1 fully saturated rings. The lowest BCUT2D eigenvalue weighted by atomic mass is 10.1. The van der Waals surface area contributed by atoms with Crippen molar-refractivity contribution in [1.29, 1.82) is 0 Å². The second kappa shape index (κ2) is 7.02. The minimum atomic E-state index is -0.384. The Labute approximate surface area is 174 Å². The van der Waals surface area contributed by atoms with E-state index in [1.807, 2.05) is 74.5 Å². The van der Waals surface area contributed by atoms with Crippen molar-refractivity contribution in [2.45, 2.75) is 20.3 Å². The predicted molar refractivity (Wildman–Crippen MR) is 119 cm³/mol. The van der Waals surface area contributed by atoms with Crippen LogP contribution in [-0.4, -0.2) is 18.4 Å². The van der Waals surface area contributed by atoms with E-state index >= 15 is 0 Å². The van der Waals surface area contributed by atoms with E-state index in [-0.39, 0.29) is 24.2 Å². The van der Waals surface area contributed by atoms with E-state index in [2.05, 4.69) is 5.32 Å². The molecule has 0 unspecified atom stereocenters. The van der Waals surface area contributed by atoms with Crippen LogP contribution in [0.2, 0.25) is 0 Å². The Hall–Kier alpha value is -3.60. The Morgan fingerprint density at radius 1 is 0.967 bits per heavy atom. The molecule has 1 atom stereocenters. The molecule has 5 nitrogen and oxygen atoms in total. The maximum atomic E-state index is 12.8. The van der Waals surface area contributed by atoms with Gasteiger partial charge in [0.25, 0.3) is 0 Å². The van der Waals surface area contributed by atoms with Gasteiger partial charge in [0.15, 0.2) is 0 Å². The van der Waals surface area contributed by atoms with Gasteiger partial charge in [-0.15, -0.1) is 0 Å². The molecule has 3 aromatic carbocycles. The molecular formula is C25H22N2O3. The highest BCUT2D eigenvalue weighted by Gasteiger charge is 2.35. The Morgan fingerprint density at radius 2 is 1.77 bits per heavy atom. The number of fused-ring (bicyclic) bond motifs is 3. The molecule has 1 saturated heterocycles. The van der Waals surface area contributed by atoms with Gasteiger partial charge >= 0.3 is 0 Å². The van der Waals surface area contributed by atoms with Crippen molar-refractivity contribution in [2.75, 3.05) is 16.8 Å². The second-order valence-corrected chi connectivity index (χ2v) is 7.97. The summed E-state index contributed by atoms with van der Waals surface area (Å²) in [4.78, 5) is 27.1. The largest absolute Gasteiger partial charge is 0.456 e. The van der Waals surface area contributed by atoms with Crippen molar-refractivity contribution in [1.82, 2.24) is 0 Å². The number of carbonyl (C=O) groups is 2. The molecule has 5 heteroatoms. The molecule has 2 heterocycles. The molecule has 4 aromatic rings. The van der Waals surface area contributed by atoms with Crippen LogP contribution in [0.5, 0.6) is 0 Å². The van der Waals surface area contributed by atoms with E-state index in [1.165, 1.54) is 5.56 Å². The third-order valence-electron chi connectivity index (χ3n) is 5.94. The van der Waals surface area contributed by atoms with Crippen LogP contribution in [0.4, 0.5) is 11.4 Å². The summed E-state index contributed by atoms with van der Waals surface area (Å²) in [5.74, 6) is -0.554. The number of anilines is 2. The third-order valence-corrected chi connectivity index (χ3v) is 5.94. The third kappa shape index (κ3) is 3.12. The van der Waals surface area contributed by atoms with E-state index in [1.54, 1.807) is 4.90 Å². The molecule has 1 aromatic heterocycles. The van der Waals surface area contributed by atoms with Gasteiger partial charge in [-0.25, -0.2) is 0 Å². The fourth-order valence-electron chi connectivity index (χ4n) is 4.07. The summed E-state index contributed by atoms with van der Waals surface area (Å²) < 4.78 is 5.90. The number of rotatable bonds is 3. The average molecular weight is 398 g/mol. The summed E-state index contributed by atoms with van der Waals surface area (Å²) in [7, 11) is 0. The van der Waals surface area contributed by atoms with Crippen molar-refractivity contribution in [3.63, 3.8) is 0 Å². The molecule has 0 saturated carbocycles. The molecular weight excluding hydrogens is 376 g/mol. The van der Waals surface area contributed by atoms with Crippen molar-refractivity contribution >= 4 is 45.1 Å². The summed E-state index contributed by atoms with van der Waals surface area (Å²) >= 11 is 0. The fourth-order valence-corrected chi connectivity index (χ4v) is 4.07. The van der Waals surface area contributed by atoms with Crippen molar-refractivity contribution < 1.29 is 14.0 Å². The zero-order valence-electron chi connectivity index (χ0n) is 16.9. The highest BCUT2D eigenvalue weighted by Crippen LogP contribution is 2.31. The molecule has 0 radical (unpaired) electrons. The van der Waals surface area contributed by atoms with Gasteiger partial charge in [-0.1, -0.05) is 24.3 Å². The lowest BCUT2D eigenvalue weighted by Crippen LogP contribution is -2.28. The summed E-state index contributed by atoms with van der Waals surface area (Å²) in [6.07, 6.45) is 0.214. The smallest absolute Gasteiger partial charge is 0.229 e.